The molecule has 0 aliphatic carbocycles. The van der Waals surface area contributed by atoms with Gasteiger partial charge in [-0.05, 0) is 11.6 Å². The van der Waals surface area contributed by atoms with E-state index < -0.39 is 18.6 Å². The highest BCUT2D eigenvalue weighted by Gasteiger charge is 2.27. The van der Waals surface area contributed by atoms with Gasteiger partial charge >= 0.3 is 6.18 Å². The monoisotopic (exact) mass is 252 g/mol. The van der Waals surface area contributed by atoms with Gasteiger partial charge in [-0.2, -0.15) is 13.2 Å². The minimum absolute atomic E-state index is 0.0533. The van der Waals surface area contributed by atoms with Crippen molar-refractivity contribution in [2.75, 3.05) is 19.8 Å². The third-order valence-electron chi connectivity index (χ3n) is 1.78. The molecule has 17 heavy (non-hydrogen) atoms. The molecule has 1 heterocycles. The molecule has 0 aromatic carbocycles. The summed E-state index contributed by atoms with van der Waals surface area (Å²) in [7, 11) is 0. The number of pyridine rings is 1. The van der Waals surface area contributed by atoms with Crippen LogP contribution in [0.4, 0.5) is 17.6 Å². The molecular formula is C10H12F4N2O. The quantitative estimate of drug-likeness (QED) is 0.620. The van der Waals surface area contributed by atoms with E-state index in [4.69, 9.17) is 0 Å². The first-order chi connectivity index (χ1) is 7.97. The predicted octanol–water partition coefficient (Wildman–Crippen LogP) is 1.89. The molecule has 1 aromatic heterocycles. The third kappa shape index (κ3) is 6.85. The third-order valence-corrected chi connectivity index (χ3v) is 1.78. The number of halogens is 4. The molecule has 1 N–H and O–H groups in total. The van der Waals surface area contributed by atoms with Crippen LogP contribution in [0, 0.1) is 5.82 Å². The summed E-state index contributed by atoms with van der Waals surface area (Å²) in [6.07, 6.45) is -1.74. The van der Waals surface area contributed by atoms with Gasteiger partial charge < -0.3 is 10.1 Å². The molecule has 0 unspecified atom stereocenters. The number of hydrogen-bond acceptors (Lipinski definition) is 3. The van der Waals surface area contributed by atoms with E-state index in [1.807, 2.05) is 0 Å². The summed E-state index contributed by atoms with van der Waals surface area (Å²) in [5, 5.41) is 2.82. The van der Waals surface area contributed by atoms with Crippen LogP contribution in [0.1, 0.15) is 5.56 Å². The predicted molar refractivity (Wildman–Crippen MR) is 52.8 cm³/mol. The lowest BCUT2D eigenvalue weighted by Crippen LogP contribution is -2.23. The number of aromatic nitrogens is 1. The molecule has 0 fully saturated rings. The van der Waals surface area contributed by atoms with Crippen molar-refractivity contribution >= 4 is 0 Å². The van der Waals surface area contributed by atoms with Gasteiger partial charge in [-0.15, -0.1) is 0 Å². The lowest BCUT2D eigenvalue weighted by molar-refractivity contribution is -0.173. The van der Waals surface area contributed by atoms with E-state index in [9.17, 15) is 17.6 Å². The van der Waals surface area contributed by atoms with E-state index in [2.05, 4.69) is 15.0 Å². The zero-order valence-electron chi connectivity index (χ0n) is 8.93. The van der Waals surface area contributed by atoms with Gasteiger partial charge in [0.2, 0.25) is 0 Å². The molecule has 0 aliphatic rings. The van der Waals surface area contributed by atoms with E-state index in [0.29, 0.717) is 12.1 Å². The van der Waals surface area contributed by atoms with Gasteiger partial charge in [0.15, 0.2) is 0 Å². The maximum atomic E-state index is 12.7. The van der Waals surface area contributed by atoms with Crippen molar-refractivity contribution in [3.05, 3.63) is 29.8 Å². The molecule has 0 amide bonds. The van der Waals surface area contributed by atoms with E-state index in [1.165, 1.54) is 12.3 Å². The summed E-state index contributed by atoms with van der Waals surface area (Å²) in [5.74, 6) is -0.447. The maximum absolute atomic E-state index is 12.7. The summed E-state index contributed by atoms with van der Waals surface area (Å²) >= 11 is 0. The summed E-state index contributed by atoms with van der Waals surface area (Å²) in [6.45, 7) is -0.717. The van der Waals surface area contributed by atoms with E-state index in [1.54, 1.807) is 0 Å². The Morgan fingerprint density at radius 3 is 2.71 bits per heavy atom. The fraction of sp³-hybridized carbons (Fsp3) is 0.500. The van der Waals surface area contributed by atoms with Crippen LogP contribution in [-0.4, -0.2) is 30.9 Å². The summed E-state index contributed by atoms with van der Waals surface area (Å²) in [6, 6.07) is 1.30. The Balaban J connectivity index is 2.09. The summed E-state index contributed by atoms with van der Waals surface area (Å²) < 4.78 is 52.1. The molecule has 0 radical (unpaired) electrons. The molecule has 3 nitrogen and oxygen atoms in total. The van der Waals surface area contributed by atoms with Crippen LogP contribution in [-0.2, 0) is 11.3 Å². The van der Waals surface area contributed by atoms with Gasteiger partial charge in [0.25, 0.3) is 0 Å². The van der Waals surface area contributed by atoms with Gasteiger partial charge in [0.1, 0.15) is 12.4 Å². The highest BCUT2D eigenvalue weighted by Crippen LogP contribution is 2.13. The Labute approximate surface area is 95.8 Å². The Kier molecular flexibility index (Phi) is 5.30. The normalized spacial score (nSPS) is 11.8. The van der Waals surface area contributed by atoms with Gasteiger partial charge in [0, 0.05) is 19.3 Å². The second-order valence-electron chi connectivity index (χ2n) is 3.36. The maximum Gasteiger partial charge on any atom is 0.411 e. The second kappa shape index (κ2) is 6.51. The number of ether oxygens (including phenoxy) is 1. The number of rotatable bonds is 6. The zero-order chi connectivity index (χ0) is 12.7. The molecule has 1 rings (SSSR count). The number of alkyl halides is 3. The Morgan fingerprint density at radius 1 is 1.29 bits per heavy atom. The molecule has 0 saturated carbocycles. The van der Waals surface area contributed by atoms with Gasteiger partial charge in [-0.3, -0.25) is 4.98 Å². The van der Waals surface area contributed by atoms with Crippen LogP contribution in [0.2, 0.25) is 0 Å². The van der Waals surface area contributed by atoms with E-state index >= 15 is 0 Å². The Hall–Kier alpha value is -1.21. The molecule has 0 aliphatic heterocycles. The van der Waals surface area contributed by atoms with Crippen molar-refractivity contribution in [3.8, 4) is 0 Å². The standard InChI is InChI=1S/C10H12F4N2O/c11-9-3-8(5-16-6-9)4-15-1-2-17-7-10(12,13)14/h3,5-6,15H,1-2,4,7H2. The zero-order valence-corrected chi connectivity index (χ0v) is 8.93. The smallest absolute Gasteiger partial charge is 0.371 e. The molecule has 0 saturated heterocycles. The molecule has 96 valence electrons. The first kappa shape index (κ1) is 13.9. The highest BCUT2D eigenvalue weighted by atomic mass is 19.4. The van der Waals surface area contributed by atoms with Crippen molar-refractivity contribution in [1.82, 2.24) is 10.3 Å². The van der Waals surface area contributed by atoms with Crippen LogP contribution < -0.4 is 5.32 Å². The number of nitrogens with one attached hydrogen (secondary N) is 1. The molecule has 7 heteroatoms. The minimum Gasteiger partial charge on any atom is -0.371 e. The van der Waals surface area contributed by atoms with Crippen LogP contribution in [0.3, 0.4) is 0 Å². The molecule has 1 aromatic rings. The summed E-state index contributed by atoms with van der Waals surface area (Å²) in [4.78, 5) is 3.64. The largest absolute Gasteiger partial charge is 0.411 e. The van der Waals surface area contributed by atoms with Crippen molar-refractivity contribution in [2.24, 2.45) is 0 Å². The van der Waals surface area contributed by atoms with Crippen molar-refractivity contribution in [2.45, 2.75) is 12.7 Å². The Bertz CT molecular complexity index is 343. The minimum atomic E-state index is -4.30. The molecule has 0 spiro atoms. The van der Waals surface area contributed by atoms with Crippen molar-refractivity contribution in [1.29, 1.82) is 0 Å². The number of nitrogens with zero attached hydrogens (tertiary/aromatic N) is 1. The van der Waals surface area contributed by atoms with E-state index in [0.717, 1.165) is 6.20 Å². The fourth-order valence-electron chi connectivity index (χ4n) is 1.12. The Morgan fingerprint density at radius 2 is 2.06 bits per heavy atom. The van der Waals surface area contributed by atoms with E-state index in [-0.39, 0.29) is 13.2 Å². The van der Waals surface area contributed by atoms with Crippen LogP contribution in [0.15, 0.2) is 18.5 Å². The van der Waals surface area contributed by atoms with Crippen LogP contribution in [0.25, 0.3) is 0 Å². The van der Waals surface area contributed by atoms with Crippen molar-refractivity contribution in [3.63, 3.8) is 0 Å². The first-order valence-electron chi connectivity index (χ1n) is 4.92. The first-order valence-corrected chi connectivity index (χ1v) is 4.92. The van der Waals surface area contributed by atoms with Crippen molar-refractivity contribution < 1.29 is 22.3 Å². The lowest BCUT2D eigenvalue weighted by Gasteiger charge is -2.08. The topological polar surface area (TPSA) is 34.2 Å². The lowest BCUT2D eigenvalue weighted by atomic mass is 10.3. The molecular weight excluding hydrogens is 240 g/mol. The average molecular weight is 252 g/mol. The van der Waals surface area contributed by atoms with Crippen LogP contribution in [0.5, 0.6) is 0 Å². The number of hydrogen-bond donors (Lipinski definition) is 1. The molecule has 0 bridgehead atoms. The van der Waals surface area contributed by atoms with Gasteiger partial charge in [-0.25, -0.2) is 4.39 Å². The SMILES string of the molecule is Fc1cncc(CNCCOCC(F)(F)F)c1. The van der Waals surface area contributed by atoms with Gasteiger partial charge in [0.05, 0.1) is 12.8 Å². The summed E-state index contributed by atoms with van der Waals surface area (Å²) in [5.41, 5.74) is 0.626. The molecule has 0 atom stereocenters. The van der Waals surface area contributed by atoms with Crippen LogP contribution >= 0.6 is 0 Å². The average Bonchev–Trinajstić information content (AvgIpc) is 2.22. The van der Waals surface area contributed by atoms with Gasteiger partial charge in [-0.1, -0.05) is 0 Å². The second-order valence-corrected chi connectivity index (χ2v) is 3.36. The fourth-order valence-corrected chi connectivity index (χ4v) is 1.12. The highest BCUT2D eigenvalue weighted by molar-refractivity contribution is 5.09.